The molecule has 18 heavy (non-hydrogen) atoms. The highest BCUT2D eigenvalue weighted by Gasteiger charge is 2.20. The molecule has 0 unspecified atom stereocenters. The summed E-state index contributed by atoms with van der Waals surface area (Å²) in [4.78, 5) is 22.0. The Morgan fingerprint density at radius 3 is 3.17 bits per heavy atom. The molecule has 0 radical (unpaired) electrons. The van der Waals surface area contributed by atoms with E-state index in [1.807, 2.05) is 4.90 Å². The number of anilines is 2. The average Bonchev–Trinajstić information content (AvgIpc) is 2.38. The van der Waals surface area contributed by atoms with E-state index < -0.39 is 0 Å². The minimum absolute atomic E-state index is 0.0230. The molecule has 0 aliphatic carbocycles. The van der Waals surface area contributed by atoms with E-state index in [0.717, 1.165) is 29.8 Å². The molecule has 0 spiro atoms. The Morgan fingerprint density at radius 2 is 2.44 bits per heavy atom. The molecular weight excluding hydrogens is 298 g/mol. The number of carbonyl (C=O) groups excluding carboxylic acids is 1. The van der Waals surface area contributed by atoms with Crippen LogP contribution in [0.25, 0.3) is 0 Å². The number of amides is 1. The number of halogens is 1. The smallest absolute Gasteiger partial charge is 0.239 e. The highest BCUT2D eigenvalue weighted by Crippen LogP contribution is 2.24. The average molecular weight is 314 g/mol. The Morgan fingerprint density at radius 1 is 1.61 bits per heavy atom. The number of hydrogen-bond acceptors (Lipinski definition) is 5. The number of carbonyl (C=O) groups is 1. The lowest BCUT2D eigenvalue weighted by atomic mass is 10.3. The molecule has 1 aliphatic rings. The van der Waals surface area contributed by atoms with Gasteiger partial charge in [-0.2, -0.15) is 4.98 Å². The summed E-state index contributed by atoms with van der Waals surface area (Å²) in [7, 11) is 0. The molecule has 2 rings (SSSR count). The second-order valence-corrected chi connectivity index (χ2v) is 4.92. The summed E-state index contributed by atoms with van der Waals surface area (Å²) < 4.78 is 0.805. The van der Waals surface area contributed by atoms with Gasteiger partial charge in [-0.15, -0.1) is 0 Å². The van der Waals surface area contributed by atoms with E-state index in [-0.39, 0.29) is 5.91 Å². The molecule has 1 aliphatic heterocycles. The molecule has 6 nitrogen and oxygen atoms in total. The molecule has 0 aromatic carbocycles. The zero-order chi connectivity index (χ0) is 13.0. The lowest BCUT2D eigenvalue weighted by Crippen LogP contribution is -2.48. The quantitative estimate of drug-likeness (QED) is 0.867. The standard InChI is InChI=1S/C11H16BrN5O/c1-2-3-14-11-15-6-8(12)10(16-11)17-5-4-13-9(18)7-17/h6H,2-5,7H2,1H3,(H,13,18)(H,14,15,16). The predicted molar refractivity (Wildman–Crippen MR) is 73.7 cm³/mol. The SMILES string of the molecule is CCCNc1ncc(Br)c(N2CCNC(=O)C2)n1. The van der Waals surface area contributed by atoms with Gasteiger partial charge in [-0.25, -0.2) is 4.98 Å². The van der Waals surface area contributed by atoms with E-state index >= 15 is 0 Å². The minimum atomic E-state index is 0.0230. The molecule has 1 amide bonds. The maximum absolute atomic E-state index is 11.4. The van der Waals surface area contributed by atoms with Gasteiger partial charge in [0, 0.05) is 25.8 Å². The number of rotatable bonds is 4. The Kier molecular flexibility index (Phi) is 4.35. The molecule has 7 heteroatoms. The van der Waals surface area contributed by atoms with Crippen molar-refractivity contribution in [2.75, 3.05) is 36.4 Å². The van der Waals surface area contributed by atoms with E-state index in [2.05, 4.69) is 43.5 Å². The first-order valence-electron chi connectivity index (χ1n) is 5.98. The van der Waals surface area contributed by atoms with Crippen molar-refractivity contribution in [2.45, 2.75) is 13.3 Å². The van der Waals surface area contributed by atoms with Gasteiger partial charge in [-0.05, 0) is 22.4 Å². The second kappa shape index (κ2) is 5.99. The van der Waals surface area contributed by atoms with Gasteiger partial charge in [0.2, 0.25) is 11.9 Å². The fourth-order valence-corrected chi connectivity index (χ4v) is 2.16. The second-order valence-electron chi connectivity index (χ2n) is 4.06. The number of aromatic nitrogens is 2. The number of hydrogen-bond donors (Lipinski definition) is 2. The third-order valence-electron chi connectivity index (χ3n) is 2.60. The molecule has 1 aromatic heterocycles. The monoisotopic (exact) mass is 313 g/mol. The van der Waals surface area contributed by atoms with E-state index in [4.69, 9.17) is 0 Å². The third-order valence-corrected chi connectivity index (χ3v) is 3.16. The summed E-state index contributed by atoms with van der Waals surface area (Å²) in [6.07, 6.45) is 2.73. The highest BCUT2D eigenvalue weighted by atomic mass is 79.9. The molecule has 1 fully saturated rings. The zero-order valence-corrected chi connectivity index (χ0v) is 11.8. The number of nitrogens with zero attached hydrogens (tertiary/aromatic N) is 3. The lowest BCUT2D eigenvalue weighted by Gasteiger charge is -2.28. The van der Waals surface area contributed by atoms with Crippen LogP contribution in [0.1, 0.15) is 13.3 Å². The van der Waals surface area contributed by atoms with Crippen molar-refractivity contribution in [1.82, 2.24) is 15.3 Å². The zero-order valence-electron chi connectivity index (χ0n) is 10.2. The van der Waals surface area contributed by atoms with Crippen LogP contribution in [0.4, 0.5) is 11.8 Å². The summed E-state index contributed by atoms with van der Waals surface area (Å²) in [6.45, 7) is 4.66. The molecule has 0 saturated carbocycles. The summed E-state index contributed by atoms with van der Waals surface area (Å²) in [5.41, 5.74) is 0. The Labute approximate surface area is 114 Å². The summed E-state index contributed by atoms with van der Waals surface area (Å²) in [6, 6.07) is 0. The summed E-state index contributed by atoms with van der Waals surface area (Å²) in [5.74, 6) is 1.38. The summed E-state index contributed by atoms with van der Waals surface area (Å²) >= 11 is 3.43. The van der Waals surface area contributed by atoms with Crippen LogP contribution in [0.2, 0.25) is 0 Å². The molecule has 1 aromatic rings. The van der Waals surface area contributed by atoms with E-state index in [0.29, 0.717) is 19.0 Å². The van der Waals surface area contributed by atoms with Crippen molar-refractivity contribution < 1.29 is 4.79 Å². The molecule has 2 heterocycles. The molecule has 98 valence electrons. The van der Waals surface area contributed by atoms with Crippen LogP contribution in [0.15, 0.2) is 10.7 Å². The van der Waals surface area contributed by atoms with Crippen LogP contribution >= 0.6 is 15.9 Å². The fraction of sp³-hybridized carbons (Fsp3) is 0.545. The first kappa shape index (κ1) is 13.1. The minimum Gasteiger partial charge on any atom is -0.354 e. The first-order valence-corrected chi connectivity index (χ1v) is 6.78. The van der Waals surface area contributed by atoms with E-state index in [9.17, 15) is 4.79 Å². The van der Waals surface area contributed by atoms with Crippen molar-refractivity contribution in [3.8, 4) is 0 Å². The van der Waals surface area contributed by atoms with Gasteiger partial charge in [0.15, 0.2) is 0 Å². The van der Waals surface area contributed by atoms with Crippen LogP contribution in [0.3, 0.4) is 0 Å². The molecule has 2 N–H and O–H groups in total. The normalized spacial score (nSPS) is 15.4. The van der Waals surface area contributed by atoms with E-state index in [1.54, 1.807) is 6.20 Å². The van der Waals surface area contributed by atoms with Crippen LogP contribution < -0.4 is 15.5 Å². The van der Waals surface area contributed by atoms with Gasteiger partial charge in [0.25, 0.3) is 0 Å². The van der Waals surface area contributed by atoms with Crippen LogP contribution in [0.5, 0.6) is 0 Å². The highest BCUT2D eigenvalue weighted by molar-refractivity contribution is 9.10. The molecule has 0 atom stereocenters. The maximum atomic E-state index is 11.4. The van der Waals surface area contributed by atoms with Gasteiger partial charge in [-0.3, -0.25) is 4.79 Å². The van der Waals surface area contributed by atoms with Crippen molar-refractivity contribution in [3.05, 3.63) is 10.7 Å². The lowest BCUT2D eigenvalue weighted by molar-refractivity contribution is -0.120. The molecule has 0 bridgehead atoms. The first-order chi connectivity index (χ1) is 8.70. The number of nitrogens with one attached hydrogen (secondary N) is 2. The Balaban J connectivity index is 2.17. The Bertz CT molecular complexity index is 439. The van der Waals surface area contributed by atoms with Crippen LogP contribution in [-0.4, -0.2) is 42.1 Å². The molecular formula is C11H16BrN5O. The van der Waals surface area contributed by atoms with Gasteiger partial charge in [0.1, 0.15) is 5.82 Å². The number of piperazine rings is 1. The Hall–Kier alpha value is -1.37. The van der Waals surface area contributed by atoms with Crippen molar-refractivity contribution in [1.29, 1.82) is 0 Å². The maximum Gasteiger partial charge on any atom is 0.239 e. The van der Waals surface area contributed by atoms with Crippen molar-refractivity contribution >= 4 is 33.6 Å². The van der Waals surface area contributed by atoms with Gasteiger partial charge in [-0.1, -0.05) is 6.92 Å². The van der Waals surface area contributed by atoms with Crippen LogP contribution in [0, 0.1) is 0 Å². The fourth-order valence-electron chi connectivity index (χ4n) is 1.72. The predicted octanol–water partition coefficient (Wildman–Crippen LogP) is 0.997. The van der Waals surface area contributed by atoms with Crippen LogP contribution in [-0.2, 0) is 4.79 Å². The van der Waals surface area contributed by atoms with Gasteiger partial charge < -0.3 is 15.5 Å². The third kappa shape index (κ3) is 3.10. The van der Waals surface area contributed by atoms with Crippen molar-refractivity contribution in [2.24, 2.45) is 0 Å². The van der Waals surface area contributed by atoms with Crippen molar-refractivity contribution in [3.63, 3.8) is 0 Å². The molecule has 1 saturated heterocycles. The summed E-state index contributed by atoms with van der Waals surface area (Å²) in [5, 5.41) is 5.94. The topological polar surface area (TPSA) is 70.2 Å². The van der Waals surface area contributed by atoms with E-state index in [1.165, 1.54) is 0 Å². The van der Waals surface area contributed by atoms with Gasteiger partial charge in [0.05, 0.1) is 11.0 Å². The van der Waals surface area contributed by atoms with Gasteiger partial charge >= 0.3 is 0 Å². The largest absolute Gasteiger partial charge is 0.354 e.